The highest BCUT2D eigenvalue weighted by Gasteiger charge is 2.18. The van der Waals surface area contributed by atoms with Crippen molar-refractivity contribution in [1.82, 2.24) is 9.55 Å². The molecule has 0 aliphatic carbocycles. The van der Waals surface area contributed by atoms with Crippen LogP contribution in [0.3, 0.4) is 0 Å². The summed E-state index contributed by atoms with van der Waals surface area (Å²) in [6, 6.07) is 24.4. The lowest BCUT2D eigenvalue weighted by molar-refractivity contribution is 0.476. The van der Waals surface area contributed by atoms with E-state index in [0.29, 0.717) is 0 Å². The van der Waals surface area contributed by atoms with Gasteiger partial charge in [-0.2, -0.15) is 0 Å². The van der Waals surface area contributed by atoms with Gasteiger partial charge < -0.3 is 5.11 Å². The quantitative estimate of drug-likeness (QED) is 0.373. The molecule has 0 atom stereocenters. The van der Waals surface area contributed by atoms with Gasteiger partial charge in [0, 0.05) is 43.2 Å². The summed E-state index contributed by atoms with van der Waals surface area (Å²) in [5, 5.41) is 14.9. The van der Waals surface area contributed by atoms with Gasteiger partial charge in [-0.3, -0.25) is 4.57 Å². The SMILES string of the molecule is Oc1ccc2c3ccc4sc5ccccc5c4c3n(-c3ccccn3)c2c1. The second kappa shape index (κ2) is 5.32. The first-order valence-corrected chi connectivity index (χ1v) is 9.62. The van der Waals surface area contributed by atoms with Crippen molar-refractivity contribution in [2.24, 2.45) is 0 Å². The smallest absolute Gasteiger partial charge is 0.137 e. The number of nitrogens with zero attached hydrogens (tertiary/aromatic N) is 2. The first kappa shape index (κ1) is 14.8. The molecule has 0 bridgehead atoms. The van der Waals surface area contributed by atoms with Crippen LogP contribution in [0.15, 0.2) is 79.0 Å². The largest absolute Gasteiger partial charge is 0.508 e. The van der Waals surface area contributed by atoms with Gasteiger partial charge in [-0.05, 0) is 36.4 Å². The van der Waals surface area contributed by atoms with E-state index in [1.165, 1.54) is 25.6 Å². The zero-order chi connectivity index (χ0) is 18.0. The van der Waals surface area contributed by atoms with Crippen LogP contribution in [0.4, 0.5) is 0 Å². The molecule has 6 aromatic rings. The molecule has 3 nitrogen and oxygen atoms in total. The van der Waals surface area contributed by atoms with Crippen LogP contribution in [-0.4, -0.2) is 14.7 Å². The molecule has 0 amide bonds. The van der Waals surface area contributed by atoms with Gasteiger partial charge in [-0.1, -0.05) is 30.3 Å². The lowest BCUT2D eigenvalue weighted by Crippen LogP contribution is -1.96. The summed E-state index contributed by atoms with van der Waals surface area (Å²) >= 11 is 1.81. The van der Waals surface area contributed by atoms with Crippen molar-refractivity contribution in [3.63, 3.8) is 0 Å². The fourth-order valence-corrected chi connectivity index (χ4v) is 5.13. The first-order chi connectivity index (χ1) is 13.3. The number of rotatable bonds is 1. The molecule has 0 radical (unpaired) electrons. The van der Waals surface area contributed by atoms with Crippen molar-refractivity contribution in [3.8, 4) is 11.6 Å². The van der Waals surface area contributed by atoms with E-state index in [2.05, 4.69) is 45.9 Å². The van der Waals surface area contributed by atoms with Gasteiger partial charge in [0.1, 0.15) is 11.6 Å². The van der Waals surface area contributed by atoms with Crippen LogP contribution >= 0.6 is 11.3 Å². The zero-order valence-electron chi connectivity index (χ0n) is 14.3. The Kier molecular flexibility index (Phi) is 2.91. The van der Waals surface area contributed by atoms with Gasteiger partial charge >= 0.3 is 0 Å². The number of aromatic nitrogens is 2. The molecule has 0 aliphatic heterocycles. The number of aromatic hydroxyl groups is 1. The van der Waals surface area contributed by atoms with Crippen LogP contribution in [0.2, 0.25) is 0 Å². The average molecular weight is 366 g/mol. The van der Waals surface area contributed by atoms with E-state index in [-0.39, 0.29) is 5.75 Å². The third kappa shape index (κ3) is 1.99. The number of pyridine rings is 1. The van der Waals surface area contributed by atoms with Gasteiger partial charge in [0.25, 0.3) is 0 Å². The monoisotopic (exact) mass is 366 g/mol. The van der Waals surface area contributed by atoms with E-state index in [4.69, 9.17) is 0 Å². The van der Waals surface area contributed by atoms with Crippen molar-refractivity contribution in [3.05, 3.63) is 79.0 Å². The number of phenolic OH excluding ortho intramolecular Hbond substituents is 1. The number of hydrogen-bond donors (Lipinski definition) is 1. The number of benzene rings is 3. The van der Waals surface area contributed by atoms with Gasteiger partial charge in [0.2, 0.25) is 0 Å². The van der Waals surface area contributed by atoms with Crippen LogP contribution in [0, 0.1) is 0 Å². The lowest BCUT2D eigenvalue weighted by atomic mass is 10.1. The molecular formula is C23H14N2OS. The first-order valence-electron chi connectivity index (χ1n) is 8.80. The van der Waals surface area contributed by atoms with Gasteiger partial charge in [-0.25, -0.2) is 4.98 Å². The maximum Gasteiger partial charge on any atom is 0.137 e. The molecule has 128 valence electrons. The molecule has 27 heavy (non-hydrogen) atoms. The predicted octanol–water partition coefficient (Wildman–Crippen LogP) is 6.25. The molecule has 0 unspecified atom stereocenters. The summed E-state index contributed by atoms with van der Waals surface area (Å²) in [6.45, 7) is 0. The standard InChI is InChI=1S/C23H14N2OS/c26-14-8-9-15-16-10-11-20-22(17-5-1-2-6-19(17)27-20)23(16)25(18(15)13-14)21-7-3-4-12-24-21/h1-13,26H. The minimum absolute atomic E-state index is 0.258. The Morgan fingerprint density at radius 3 is 2.52 bits per heavy atom. The molecule has 0 spiro atoms. The molecule has 3 aromatic carbocycles. The Labute approximate surface area is 158 Å². The zero-order valence-corrected chi connectivity index (χ0v) is 15.1. The Morgan fingerprint density at radius 2 is 1.63 bits per heavy atom. The molecule has 6 rings (SSSR count). The molecule has 1 N–H and O–H groups in total. The molecular weight excluding hydrogens is 352 g/mol. The normalized spacial score (nSPS) is 11.9. The van der Waals surface area contributed by atoms with E-state index in [1.54, 1.807) is 6.07 Å². The highest BCUT2D eigenvalue weighted by molar-refractivity contribution is 7.26. The van der Waals surface area contributed by atoms with Crippen molar-refractivity contribution >= 4 is 53.3 Å². The van der Waals surface area contributed by atoms with Gasteiger partial charge in [-0.15, -0.1) is 11.3 Å². The van der Waals surface area contributed by atoms with Crippen molar-refractivity contribution in [2.75, 3.05) is 0 Å². The van der Waals surface area contributed by atoms with Crippen LogP contribution in [0.1, 0.15) is 0 Å². The maximum absolute atomic E-state index is 10.1. The average Bonchev–Trinajstić information content (AvgIpc) is 3.23. The summed E-state index contributed by atoms with van der Waals surface area (Å²) in [5.74, 6) is 1.11. The second-order valence-corrected chi connectivity index (χ2v) is 7.74. The molecule has 0 saturated heterocycles. The van der Waals surface area contributed by atoms with Gasteiger partial charge in [0.15, 0.2) is 0 Å². The topological polar surface area (TPSA) is 38.0 Å². The van der Waals surface area contributed by atoms with Crippen molar-refractivity contribution < 1.29 is 5.11 Å². The fourth-order valence-electron chi connectivity index (χ4n) is 4.03. The third-order valence-electron chi connectivity index (χ3n) is 5.13. The Morgan fingerprint density at radius 1 is 0.778 bits per heavy atom. The number of phenols is 1. The molecule has 0 fully saturated rings. The molecule has 3 aromatic heterocycles. The Bertz CT molecular complexity index is 1480. The van der Waals surface area contributed by atoms with Gasteiger partial charge in [0.05, 0.1) is 11.0 Å². The third-order valence-corrected chi connectivity index (χ3v) is 6.27. The molecule has 0 aliphatic rings. The Balaban J connectivity index is 1.95. The van der Waals surface area contributed by atoms with Crippen LogP contribution in [0.25, 0.3) is 47.8 Å². The summed E-state index contributed by atoms with van der Waals surface area (Å²) in [5.41, 5.74) is 2.11. The number of hydrogen-bond acceptors (Lipinski definition) is 3. The van der Waals surface area contributed by atoms with E-state index in [1.807, 2.05) is 47.9 Å². The molecule has 3 heterocycles. The summed E-state index contributed by atoms with van der Waals surface area (Å²) in [6.07, 6.45) is 1.81. The summed E-state index contributed by atoms with van der Waals surface area (Å²) in [7, 11) is 0. The van der Waals surface area contributed by atoms with E-state index in [9.17, 15) is 5.11 Å². The highest BCUT2D eigenvalue weighted by atomic mass is 32.1. The van der Waals surface area contributed by atoms with Crippen LogP contribution in [0.5, 0.6) is 5.75 Å². The lowest BCUT2D eigenvalue weighted by Gasteiger charge is -2.07. The molecule has 0 saturated carbocycles. The maximum atomic E-state index is 10.1. The van der Waals surface area contributed by atoms with Crippen molar-refractivity contribution in [1.29, 1.82) is 0 Å². The molecule has 4 heteroatoms. The summed E-state index contributed by atoms with van der Waals surface area (Å²) in [4.78, 5) is 4.61. The number of fused-ring (bicyclic) bond motifs is 7. The Hall–Kier alpha value is -3.37. The van der Waals surface area contributed by atoms with Crippen molar-refractivity contribution in [2.45, 2.75) is 0 Å². The highest BCUT2D eigenvalue weighted by Crippen LogP contribution is 2.43. The minimum Gasteiger partial charge on any atom is -0.508 e. The summed E-state index contributed by atoms with van der Waals surface area (Å²) < 4.78 is 4.71. The van der Waals surface area contributed by atoms with Crippen LogP contribution in [-0.2, 0) is 0 Å². The van der Waals surface area contributed by atoms with E-state index >= 15 is 0 Å². The predicted molar refractivity (Wildman–Crippen MR) is 113 cm³/mol. The second-order valence-electron chi connectivity index (χ2n) is 6.66. The van der Waals surface area contributed by atoms with E-state index < -0.39 is 0 Å². The van der Waals surface area contributed by atoms with Crippen LogP contribution < -0.4 is 0 Å². The van der Waals surface area contributed by atoms with E-state index in [0.717, 1.165) is 22.2 Å². The fraction of sp³-hybridized carbons (Fsp3) is 0. The number of thiophene rings is 1. The minimum atomic E-state index is 0.258.